The molecule has 2 rings (SSSR count). The van der Waals surface area contributed by atoms with E-state index in [2.05, 4.69) is 4.98 Å². The number of hydrogen-bond donors (Lipinski definition) is 1. The lowest BCUT2D eigenvalue weighted by molar-refractivity contribution is 0.0997. The van der Waals surface area contributed by atoms with Crippen LogP contribution in [0.15, 0.2) is 30.5 Å². The van der Waals surface area contributed by atoms with Crippen LogP contribution in [0.5, 0.6) is 11.6 Å². The van der Waals surface area contributed by atoms with Crippen molar-refractivity contribution in [1.82, 2.24) is 4.98 Å². The molecule has 0 bridgehead atoms. The van der Waals surface area contributed by atoms with Gasteiger partial charge in [0.25, 0.3) is 5.91 Å². The monoisotopic (exact) mass is 296 g/mol. The average Bonchev–Trinajstić information content (AvgIpc) is 2.36. The summed E-state index contributed by atoms with van der Waals surface area (Å²) >= 11 is 11.8. The maximum atomic E-state index is 11.3. The van der Waals surface area contributed by atoms with E-state index in [9.17, 15) is 4.79 Å². The number of pyridine rings is 1. The van der Waals surface area contributed by atoms with Crippen LogP contribution in [0.3, 0.4) is 0 Å². The van der Waals surface area contributed by atoms with Crippen LogP contribution in [-0.2, 0) is 0 Å². The summed E-state index contributed by atoms with van der Waals surface area (Å²) in [6.07, 6.45) is 1.38. The fraction of sp³-hybridized carbons (Fsp3) is 0.0769. The molecule has 0 saturated carbocycles. The molecule has 0 unspecified atom stereocenters. The number of primary amides is 1. The van der Waals surface area contributed by atoms with Crippen LogP contribution in [-0.4, -0.2) is 10.9 Å². The highest BCUT2D eigenvalue weighted by Gasteiger charge is 2.14. The molecule has 0 atom stereocenters. The topological polar surface area (TPSA) is 65.2 Å². The molecule has 0 fully saturated rings. The van der Waals surface area contributed by atoms with E-state index < -0.39 is 5.91 Å². The van der Waals surface area contributed by atoms with E-state index in [1.54, 1.807) is 25.1 Å². The fourth-order valence-electron chi connectivity index (χ4n) is 1.49. The second kappa shape index (κ2) is 5.47. The van der Waals surface area contributed by atoms with Gasteiger partial charge in [0.15, 0.2) is 0 Å². The summed E-state index contributed by atoms with van der Waals surface area (Å²) in [4.78, 5) is 15.3. The van der Waals surface area contributed by atoms with Crippen molar-refractivity contribution in [1.29, 1.82) is 0 Å². The largest absolute Gasteiger partial charge is 0.438 e. The van der Waals surface area contributed by atoms with Gasteiger partial charge in [-0.15, -0.1) is 0 Å². The summed E-state index contributed by atoms with van der Waals surface area (Å²) in [6, 6.07) is 6.62. The molecule has 4 nitrogen and oxygen atoms in total. The standard InChI is InChI=1S/C13H10Cl2N2O2/c1-7-10(15)3-2-4-11(7)19-13-9(12(16)18)5-8(14)6-17-13/h2-6H,1H3,(H2,16,18). The Morgan fingerprint density at radius 1 is 1.37 bits per heavy atom. The summed E-state index contributed by atoms with van der Waals surface area (Å²) in [5.74, 6) is -0.0585. The van der Waals surface area contributed by atoms with Gasteiger partial charge in [0.05, 0.1) is 5.02 Å². The molecule has 2 N–H and O–H groups in total. The summed E-state index contributed by atoms with van der Waals surface area (Å²) < 4.78 is 5.58. The second-order valence-electron chi connectivity index (χ2n) is 3.84. The maximum absolute atomic E-state index is 11.3. The van der Waals surface area contributed by atoms with E-state index in [0.29, 0.717) is 15.8 Å². The number of halogens is 2. The second-order valence-corrected chi connectivity index (χ2v) is 4.68. The molecule has 1 amide bonds. The third-order valence-electron chi connectivity index (χ3n) is 2.51. The van der Waals surface area contributed by atoms with E-state index in [1.165, 1.54) is 12.3 Å². The number of ether oxygens (including phenoxy) is 1. The van der Waals surface area contributed by atoms with Crippen molar-refractivity contribution in [3.63, 3.8) is 0 Å². The first-order valence-corrected chi connectivity index (χ1v) is 6.13. The van der Waals surface area contributed by atoms with Crippen LogP contribution in [0.25, 0.3) is 0 Å². The molecule has 6 heteroatoms. The number of nitrogens with two attached hydrogens (primary N) is 1. The van der Waals surface area contributed by atoms with Crippen molar-refractivity contribution in [3.05, 3.63) is 51.6 Å². The SMILES string of the molecule is Cc1c(Cl)cccc1Oc1ncc(Cl)cc1C(N)=O. The van der Waals surface area contributed by atoms with E-state index in [0.717, 1.165) is 5.56 Å². The van der Waals surface area contributed by atoms with Gasteiger partial charge in [-0.3, -0.25) is 4.79 Å². The van der Waals surface area contributed by atoms with Crippen molar-refractivity contribution < 1.29 is 9.53 Å². The highest BCUT2D eigenvalue weighted by atomic mass is 35.5. The number of amides is 1. The van der Waals surface area contributed by atoms with Crippen molar-refractivity contribution in [2.75, 3.05) is 0 Å². The highest BCUT2D eigenvalue weighted by molar-refractivity contribution is 6.31. The Kier molecular flexibility index (Phi) is 3.93. The summed E-state index contributed by atoms with van der Waals surface area (Å²) in [6.45, 7) is 1.80. The number of carbonyl (C=O) groups is 1. The molecule has 1 aromatic heterocycles. The number of rotatable bonds is 3. The molecular formula is C13H10Cl2N2O2. The number of aromatic nitrogens is 1. The summed E-state index contributed by atoms with van der Waals surface area (Å²) in [5.41, 5.74) is 6.13. The zero-order valence-corrected chi connectivity index (χ0v) is 11.5. The van der Waals surface area contributed by atoms with Crippen LogP contribution in [0.1, 0.15) is 15.9 Å². The lowest BCUT2D eigenvalue weighted by Gasteiger charge is -2.11. The van der Waals surface area contributed by atoms with Gasteiger partial charge in [0, 0.05) is 16.8 Å². The van der Waals surface area contributed by atoms with Gasteiger partial charge in [-0.2, -0.15) is 0 Å². The van der Waals surface area contributed by atoms with Crippen molar-refractivity contribution in [3.8, 4) is 11.6 Å². The Bertz CT molecular complexity index is 645. The molecular weight excluding hydrogens is 287 g/mol. The van der Waals surface area contributed by atoms with Crippen molar-refractivity contribution in [2.24, 2.45) is 5.73 Å². The predicted molar refractivity (Wildman–Crippen MR) is 74.0 cm³/mol. The van der Waals surface area contributed by atoms with Gasteiger partial charge in [-0.1, -0.05) is 29.3 Å². The number of hydrogen-bond acceptors (Lipinski definition) is 3. The first kappa shape index (κ1) is 13.6. The Morgan fingerprint density at radius 3 is 2.79 bits per heavy atom. The van der Waals surface area contributed by atoms with Crippen LogP contribution >= 0.6 is 23.2 Å². The Hall–Kier alpha value is -1.78. The van der Waals surface area contributed by atoms with Gasteiger partial charge < -0.3 is 10.5 Å². The molecule has 98 valence electrons. The van der Waals surface area contributed by atoms with Gasteiger partial charge >= 0.3 is 0 Å². The molecule has 0 aliphatic carbocycles. The zero-order valence-electron chi connectivity index (χ0n) is 9.98. The molecule has 1 heterocycles. The average molecular weight is 297 g/mol. The summed E-state index contributed by atoms with van der Waals surface area (Å²) in [7, 11) is 0. The maximum Gasteiger partial charge on any atom is 0.254 e. The van der Waals surface area contributed by atoms with Gasteiger partial charge in [-0.05, 0) is 25.1 Å². The third kappa shape index (κ3) is 2.97. The number of benzene rings is 1. The quantitative estimate of drug-likeness (QED) is 0.941. The van der Waals surface area contributed by atoms with Crippen LogP contribution < -0.4 is 10.5 Å². The minimum atomic E-state index is -0.662. The minimum absolute atomic E-state index is 0.0993. The molecule has 1 aromatic carbocycles. The molecule has 0 aliphatic rings. The van der Waals surface area contributed by atoms with Crippen molar-refractivity contribution in [2.45, 2.75) is 6.92 Å². The third-order valence-corrected chi connectivity index (χ3v) is 3.12. The molecule has 2 aromatic rings. The Morgan fingerprint density at radius 2 is 2.11 bits per heavy atom. The van der Waals surface area contributed by atoms with Crippen LogP contribution in [0, 0.1) is 6.92 Å². The molecule has 0 spiro atoms. The number of nitrogens with zero attached hydrogens (tertiary/aromatic N) is 1. The van der Waals surface area contributed by atoms with Gasteiger partial charge in [0.1, 0.15) is 11.3 Å². The fourth-order valence-corrected chi connectivity index (χ4v) is 1.81. The van der Waals surface area contributed by atoms with Crippen LogP contribution in [0.4, 0.5) is 0 Å². The first-order chi connectivity index (χ1) is 8.99. The zero-order chi connectivity index (χ0) is 14.0. The molecule has 0 saturated heterocycles. The van der Waals surface area contributed by atoms with E-state index in [1.807, 2.05) is 0 Å². The first-order valence-electron chi connectivity index (χ1n) is 5.37. The lowest BCUT2D eigenvalue weighted by atomic mass is 10.2. The van der Waals surface area contributed by atoms with E-state index in [-0.39, 0.29) is 11.4 Å². The Balaban J connectivity index is 2.44. The smallest absolute Gasteiger partial charge is 0.254 e. The molecule has 0 aliphatic heterocycles. The van der Waals surface area contributed by atoms with E-state index in [4.69, 9.17) is 33.7 Å². The van der Waals surface area contributed by atoms with Gasteiger partial charge in [0.2, 0.25) is 5.88 Å². The summed E-state index contributed by atoms with van der Waals surface area (Å²) in [5, 5.41) is 0.871. The normalized spacial score (nSPS) is 10.3. The minimum Gasteiger partial charge on any atom is -0.438 e. The lowest BCUT2D eigenvalue weighted by Crippen LogP contribution is -2.13. The van der Waals surface area contributed by atoms with Crippen molar-refractivity contribution >= 4 is 29.1 Å². The molecule has 19 heavy (non-hydrogen) atoms. The van der Waals surface area contributed by atoms with E-state index >= 15 is 0 Å². The Labute approximate surface area is 120 Å². The van der Waals surface area contributed by atoms with Gasteiger partial charge in [-0.25, -0.2) is 4.98 Å². The van der Waals surface area contributed by atoms with Crippen LogP contribution in [0.2, 0.25) is 10.0 Å². The highest BCUT2D eigenvalue weighted by Crippen LogP contribution is 2.30. The predicted octanol–water partition coefficient (Wildman–Crippen LogP) is 3.59. The number of carbonyl (C=O) groups excluding carboxylic acids is 1. The molecule has 0 radical (unpaired) electrons.